The summed E-state index contributed by atoms with van der Waals surface area (Å²) in [6.45, 7) is 3.05. The molecule has 2 amide bonds. The second-order valence-corrected chi connectivity index (χ2v) is 7.10. The highest BCUT2D eigenvalue weighted by Gasteiger charge is 2.16. The van der Waals surface area contributed by atoms with Crippen LogP contribution in [0.1, 0.15) is 27.6 Å². The van der Waals surface area contributed by atoms with Crippen LogP contribution < -0.4 is 20.7 Å². The highest BCUT2D eigenvalue weighted by atomic mass is 79.9. The number of carbonyl (C=O) groups is 2. The molecule has 0 spiro atoms. The minimum Gasteiger partial charge on any atom is -0.493 e. The molecule has 0 radical (unpaired) electrons. The third-order valence-electron chi connectivity index (χ3n) is 3.72. The number of hydrogen-bond acceptors (Lipinski definition) is 5. The Balaban J connectivity index is 2.09. The average Bonchev–Trinajstić information content (AvgIpc) is 2.69. The number of methoxy groups -OCH3 is 1. The number of ether oxygens (including phenoxy) is 2. The minimum atomic E-state index is -0.422. The molecule has 0 saturated heterocycles. The van der Waals surface area contributed by atoms with Crippen LogP contribution in [-0.2, 0) is 4.74 Å². The number of halogens is 1. The molecule has 2 aromatic rings. The molecule has 29 heavy (non-hydrogen) atoms. The lowest BCUT2D eigenvalue weighted by molar-refractivity contribution is 0.0936. The quantitative estimate of drug-likeness (QED) is 0.397. The Morgan fingerprint density at radius 3 is 2.59 bits per heavy atom. The van der Waals surface area contributed by atoms with Crippen LogP contribution in [0, 0.1) is 0 Å². The molecule has 7 nitrogen and oxygen atoms in total. The van der Waals surface area contributed by atoms with Gasteiger partial charge in [-0.15, -0.1) is 0 Å². The van der Waals surface area contributed by atoms with Crippen LogP contribution in [0.5, 0.6) is 5.75 Å². The highest BCUT2D eigenvalue weighted by Crippen LogP contribution is 2.23. The molecule has 2 rings (SSSR count). The number of thiocarbonyl (C=S) groups is 1. The van der Waals surface area contributed by atoms with Gasteiger partial charge < -0.3 is 20.1 Å². The van der Waals surface area contributed by atoms with Crippen molar-refractivity contribution in [2.75, 3.05) is 32.2 Å². The van der Waals surface area contributed by atoms with Crippen molar-refractivity contribution in [1.29, 1.82) is 0 Å². The van der Waals surface area contributed by atoms with Crippen molar-refractivity contribution in [3.63, 3.8) is 0 Å². The van der Waals surface area contributed by atoms with E-state index in [0.717, 1.165) is 4.47 Å². The van der Waals surface area contributed by atoms with Crippen LogP contribution in [0.25, 0.3) is 0 Å². The normalized spacial score (nSPS) is 10.2. The first kappa shape index (κ1) is 22.8. The van der Waals surface area contributed by atoms with Gasteiger partial charge in [0.05, 0.1) is 30.0 Å². The van der Waals surface area contributed by atoms with Crippen molar-refractivity contribution in [3.8, 4) is 5.75 Å². The van der Waals surface area contributed by atoms with Gasteiger partial charge in [-0.25, -0.2) is 0 Å². The Labute approximate surface area is 183 Å². The third kappa shape index (κ3) is 6.81. The van der Waals surface area contributed by atoms with Crippen molar-refractivity contribution < 1.29 is 19.1 Å². The molecular formula is C20H22BrN3O4S. The SMILES string of the molecule is CCOc1ccc(Br)cc1C(=O)NC(=S)Nc1ccccc1C(=O)NCCOC. The summed E-state index contributed by atoms with van der Waals surface area (Å²) in [6.07, 6.45) is 0. The molecule has 0 bridgehead atoms. The lowest BCUT2D eigenvalue weighted by atomic mass is 10.1. The Morgan fingerprint density at radius 1 is 1.10 bits per heavy atom. The van der Waals surface area contributed by atoms with Crippen molar-refractivity contribution in [2.24, 2.45) is 0 Å². The number of nitrogens with one attached hydrogen (secondary N) is 3. The Kier molecular flexibility index (Phi) is 9.04. The zero-order valence-electron chi connectivity index (χ0n) is 16.1. The van der Waals surface area contributed by atoms with Crippen molar-refractivity contribution >= 4 is 50.8 Å². The van der Waals surface area contributed by atoms with Gasteiger partial charge in [-0.2, -0.15) is 0 Å². The van der Waals surface area contributed by atoms with Gasteiger partial charge in [0.1, 0.15) is 5.75 Å². The van der Waals surface area contributed by atoms with Crippen molar-refractivity contribution in [2.45, 2.75) is 6.92 Å². The second-order valence-electron chi connectivity index (χ2n) is 5.78. The van der Waals surface area contributed by atoms with E-state index in [0.29, 0.717) is 42.3 Å². The van der Waals surface area contributed by atoms with E-state index in [1.807, 2.05) is 6.92 Å². The van der Waals surface area contributed by atoms with Gasteiger partial charge in [0.25, 0.3) is 11.8 Å². The van der Waals surface area contributed by atoms with Crippen LogP contribution in [-0.4, -0.2) is 43.8 Å². The van der Waals surface area contributed by atoms with Gasteiger partial charge in [0.2, 0.25) is 0 Å². The fourth-order valence-corrected chi connectivity index (χ4v) is 3.00. The lowest BCUT2D eigenvalue weighted by Gasteiger charge is -2.15. The van der Waals surface area contributed by atoms with E-state index in [1.54, 1.807) is 49.6 Å². The largest absolute Gasteiger partial charge is 0.493 e. The summed E-state index contributed by atoms with van der Waals surface area (Å²) >= 11 is 8.61. The third-order valence-corrected chi connectivity index (χ3v) is 4.42. The van der Waals surface area contributed by atoms with Crippen LogP contribution in [0.2, 0.25) is 0 Å². The minimum absolute atomic E-state index is 0.0644. The summed E-state index contributed by atoms with van der Waals surface area (Å²) in [7, 11) is 1.56. The summed E-state index contributed by atoms with van der Waals surface area (Å²) in [5, 5.41) is 8.34. The molecule has 3 N–H and O–H groups in total. The fourth-order valence-electron chi connectivity index (χ4n) is 2.44. The number of benzene rings is 2. The monoisotopic (exact) mass is 479 g/mol. The summed E-state index contributed by atoms with van der Waals surface area (Å²) in [4.78, 5) is 25.0. The molecule has 0 fully saturated rings. The van der Waals surface area contributed by atoms with Gasteiger partial charge in [-0.1, -0.05) is 28.1 Å². The maximum atomic E-state index is 12.7. The molecule has 0 heterocycles. The van der Waals surface area contributed by atoms with E-state index < -0.39 is 5.91 Å². The smallest absolute Gasteiger partial charge is 0.261 e. The van der Waals surface area contributed by atoms with Gasteiger partial charge in [-0.3, -0.25) is 14.9 Å². The van der Waals surface area contributed by atoms with E-state index in [2.05, 4.69) is 31.9 Å². The van der Waals surface area contributed by atoms with E-state index in [4.69, 9.17) is 21.7 Å². The number of amides is 2. The predicted octanol–water partition coefficient (Wildman–Crippen LogP) is 3.35. The zero-order valence-corrected chi connectivity index (χ0v) is 18.5. The van der Waals surface area contributed by atoms with E-state index in [9.17, 15) is 9.59 Å². The molecule has 0 aliphatic heterocycles. The number of anilines is 1. The summed E-state index contributed by atoms with van der Waals surface area (Å²) in [5.41, 5.74) is 1.22. The number of para-hydroxylation sites is 1. The molecule has 2 aromatic carbocycles. The van der Waals surface area contributed by atoms with E-state index in [1.165, 1.54) is 0 Å². The molecule has 0 atom stereocenters. The van der Waals surface area contributed by atoms with Crippen molar-refractivity contribution in [1.82, 2.24) is 10.6 Å². The van der Waals surface area contributed by atoms with Crippen LogP contribution in [0.3, 0.4) is 0 Å². The molecule has 0 aliphatic carbocycles. The fraction of sp³-hybridized carbons (Fsp3) is 0.250. The second kappa shape index (κ2) is 11.5. The topological polar surface area (TPSA) is 88.7 Å². The average molecular weight is 480 g/mol. The molecule has 0 aliphatic rings. The van der Waals surface area contributed by atoms with Crippen LogP contribution in [0.15, 0.2) is 46.9 Å². The number of rotatable bonds is 8. The van der Waals surface area contributed by atoms with Gasteiger partial charge >= 0.3 is 0 Å². The zero-order chi connectivity index (χ0) is 21.2. The Morgan fingerprint density at radius 2 is 1.86 bits per heavy atom. The van der Waals surface area contributed by atoms with Crippen LogP contribution in [0.4, 0.5) is 5.69 Å². The van der Waals surface area contributed by atoms with E-state index >= 15 is 0 Å². The molecule has 0 saturated carbocycles. The number of carbonyl (C=O) groups excluding carboxylic acids is 2. The first-order chi connectivity index (χ1) is 14.0. The summed E-state index contributed by atoms with van der Waals surface area (Å²) < 4.78 is 11.2. The van der Waals surface area contributed by atoms with Gasteiger partial charge in [0.15, 0.2) is 5.11 Å². The maximum absolute atomic E-state index is 12.7. The molecule has 0 aromatic heterocycles. The summed E-state index contributed by atoms with van der Waals surface area (Å²) in [5.74, 6) is -0.243. The highest BCUT2D eigenvalue weighted by molar-refractivity contribution is 9.10. The summed E-state index contributed by atoms with van der Waals surface area (Å²) in [6, 6.07) is 12.0. The number of hydrogen-bond donors (Lipinski definition) is 3. The van der Waals surface area contributed by atoms with Crippen LogP contribution >= 0.6 is 28.1 Å². The van der Waals surface area contributed by atoms with Crippen molar-refractivity contribution in [3.05, 3.63) is 58.1 Å². The Hall–Kier alpha value is -2.49. The molecule has 154 valence electrons. The first-order valence-corrected chi connectivity index (χ1v) is 10.1. The predicted molar refractivity (Wildman–Crippen MR) is 120 cm³/mol. The van der Waals surface area contributed by atoms with E-state index in [-0.39, 0.29) is 11.0 Å². The van der Waals surface area contributed by atoms with Gasteiger partial charge in [-0.05, 0) is 49.5 Å². The standard InChI is InChI=1S/C20H22BrN3O4S/c1-3-28-17-9-8-13(21)12-15(17)19(26)24-20(29)23-16-7-5-4-6-14(16)18(25)22-10-11-27-2/h4-9,12H,3,10-11H2,1-2H3,(H,22,25)(H2,23,24,26,29). The molecule has 9 heteroatoms. The molecular weight excluding hydrogens is 458 g/mol. The van der Waals surface area contributed by atoms with Gasteiger partial charge in [0, 0.05) is 18.1 Å². The Bertz CT molecular complexity index is 892. The molecule has 0 unspecified atom stereocenters. The lowest BCUT2D eigenvalue weighted by Crippen LogP contribution is -2.35. The first-order valence-electron chi connectivity index (χ1n) is 8.87. The maximum Gasteiger partial charge on any atom is 0.261 e.